The van der Waals surface area contributed by atoms with Crippen molar-refractivity contribution < 1.29 is 27.0 Å². The SMILES string of the molecule is O=S(=O)(c1ccccc1)c1ccc(N2[NH2+]C(c3ccc(Cl)c(Cl)c3)=NN2c2cc(C(F)(F)F)ccc2Cl)cc1. The van der Waals surface area contributed by atoms with Crippen LogP contribution >= 0.6 is 34.8 Å². The summed E-state index contributed by atoms with van der Waals surface area (Å²) < 4.78 is 66.6. The minimum absolute atomic E-state index is 0.0174. The molecular weight excluding hydrogens is 596 g/mol. The molecule has 200 valence electrons. The van der Waals surface area contributed by atoms with Crippen molar-refractivity contribution in [1.29, 1.82) is 0 Å². The molecule has 0 fully saturated rings. The molecule has 0 amide bonds. The quantitative estimate of drug-likeness (QED) is 0.259. The van der Waals surface area contributed by atoms with Crippen LogP contribution in [0, 0.1) is 0 Å². The second-order valence-electron chi connectivity index (χ2n) is 8.35. The number of hydrazone groups is 1. The standard InChI is InChI=1S/C26H16Cl3F3N4O2S/c27-21-12-6-16(14-23(21)29)25-33-35(36(34-25)24-15-17(26(30,31)32)7-13-22(24)28)18-8-10-20(11-9-18)39(37,38)19-4-2-1-3-5-19/h1-15H,(H,33,34)/p+1. The molecule has 13 heteroatoms. The van der Waals surface area contributed by atoms with Crippen LogP contribution in [-0.4, -0.2) is 14.3 Å². The smallest absolute Gasteiger partial charge is 0.219 e. The first kappa shape index (κ1) is 27.3. The number of benzene rings is 4. The number of nitrogens with two attached hydrogens (primary N) is 1. The highest BCUT2D eigenvalue weighted by Gasteiger charge is 2.36. The van der Waals surface area contributed by atoms with E-state index in [1.807, 2.05) is 0 Å². The first-order valence-corrected chi connectivity index (χ1v) is 13.8. The lowest BCUT2D eigenvalue weighted by atomic mass is 10.2. The van der Waals surface area contributed by atoms with Gasteiger partial charge >= 0.3 is 6.18 Å². The van der Waals surface area contributed by atoms with Gasteiger partial charge in [0.2, 0.25) is 9.84 Å². The lowest BCUT2D eigenvalue weighted by molar-refractivity contribution is -0.545. The molecule has 0 spiro atoms. The second kappa shape index (κ2) is 10.4. The molecule has 1 aliphatic rings. The van der Waals surface area contributed by atoms with Crippen molar-refractivity contribution in [3.8, 4) is 0 Å². The van der Waals surface area contributed by atoms with Crippen LogP contribution in [0.3, 0.4) is 0 Å². The number of rotatable bonds is 5. The summed E-state index contributed by atoms with van der Waals surface area (Å²) >= 11 is 18.5. The van der Waals surface area contributed by atoms with Crippen LogP contribution in [0.1, 0.15) is 11.1 Å². The Hall–Kier alpha value is -3.28. The molecule has 39 heavy (non-hydrogen) atoms. The molecule has 1 aliphatic heterocycles. The van der Waals surface area contributed by atoms with Crippen LogP contribution in [0.15, 0.2) is 106 Å². The van der Waals surface area contributed by atoms with Crippen molar-refractivity contribution in [2.45, 2.75) is 16.0 Å². The number of hydrazine groups is 1. The number of hydrogen-bond acceptors (Lipinski definition) is 5. The monoisotopic (exact) mass is 611 g/mol. The van der Waals surface area contributed by atoms with Crippen molar-refractivity contribution in [3.63, 3.8) is 0 Å². The Balaban J connectivity index is 1.57. The van der Waals surface area contributed by atoms with Gasteiger partial charge in [0.15, 0.2) is 0 Å². The van der Waals surface area contributed by atoms with Gasteiger partial charge in [-0.1, -0.05) is 58.1 Å². The van der Waals surface area contributed by atoms with E-state index in [1.54, 1.807) is 41.8 Å². The van der Waals surface area contributed by atoms with Gasteiger partial charge in [0, 0.05) is 0 Å². The molecule has 5 rings (SSSR count). The summed E-state index contributed by atoms with van der Waals surface area (Å²) in [7, 11) is -3.78. The molecular formula is C26H17Cl3F3N4O2S+. The van der Waals surface area contributed by atoms with E-state index in [4.69, 9.17) is 34.8 Å². The van der Waals surface area contributed by atoms with Crippen LogP contribution in [0.2, 0.25) is 15.1 Å². The van der Waals surface area contributed by atoms with Crippen molar-refractivity contribution in [2.75, 3.05) is 10.2 Å². The Morgan fingerprint density at radius 3 is 2.03 bits per heavy atom. The molecule has 4 aromatic rings. The predicted molar refractivity (Wildman–Crippen MR) is 145 cm³/mol. The average molecular weight is 613 g/mol. The maximum atomic E-state index is 13.5. The molecule has 4 aromatic carbocycles. The molecule has 0 atom stereocenters. The van der Waals surface area contributed by atoms with E-state index in [1.165, 1.54) is 46.6 Å². The lowest BCUT2D eigenvalue weighted by Crippen LogP contribution is -2.96. The van der Waals surface area contributed by atoms with Gasteiger partial charge in [0.05, 0.1) is 36.0 Å². The number of sulfone groups is 1. The van der Waals surface area contributed by atoms with Gasteiger partial charge < -0.3 is 0 Å². The first-order valence-electron chi connectivity index (χ1n) is 11.2. The van der Waals surface area contributed by atoms with Gasteiger partial charge in [-0.05, 0) is 72.8 Å². The average Bonchev–Trinajstić information content (AvgIpc) is 3.35. The van der Waals surface area contributed by atoms with Gasteiger partial charge in [-0.2, -0.15) is 18.6 Å². The van der Waals surface area contributed by atoms with E-state index < -0.39 is 21.6 Å². The molecule has 0 radical (unpaired) electrons. The summed E-state index contributed by atoms with van der Waals surface area (Å²) in [6, 6.07) is 21.5. The summed E-state index contributed by atoms with van der Waals surface area (Å²) in [4.78, 5) is 0.180. The van der Waals surface area contributed by atoms with Crippen molar-refractivity contribution >= 4 is 61.9 Å². The highest BCUT2D eigenvalue weighted by atomic mass is 35.5. The predicted octanol–water partition coefficient (Wildman–Crippen LogP) is 6.58. The van der Waals surface area contributed by atoms with Crippen LogP contribution in [0.4, 0.5) is 24.5 Å². The highest BCUT2D eigenvalue weighted by Crippen LogP contribution is 2.37. The fraction of sp³-hybridized carbons (Fsp3) is 0.0385. The minimum Gasteiger partial charge on any atom is -0.219 e. The van der Waals surface area contributed by atoms with Crippen LogP contribution in [0.5, 0.6) is 0 Å². The Morgan fingerprint density at radius 2 is 1.38 bits per heavy atom. The molecule has 6 nitrogen and oxygen atoms in total. The van der Waals surface area contributed by atoms with Gasteiger partial charge in [0.1, 0.15) is 11.4 Å². The van der Waals surface area contributed by atoms with Crippen LogP contribution in [-0.2, 0) is 16.0 Å². The normalized spacial score (nSPS) is 14.1. The third kappa shape index (κ3) is 5.43. The number of amidine groups is 1. The largest absolute Gasteiger partial charge is 0.416 e. The fourth-order valence-corrected chi connectivity index (χ4v) is 5.62. The molecule has 0 saturated heterocycles. The molecule has 0 unspecified atom stereocenters. The third-order valence-electron chi connectivity index (χ3n) is 5.82. The van der Waals surface area contributed by atoms with E-state index in [9.17, 15) is 21.6 Å². The number of halogens is 6. The molecule has 0 saturated carbocycles. The Kier molecular flexibility index (Phi) is 7.25. The van der Waals surface area contributed by atoms with E-state index >= 15 is 0 Å². The Bertz CT molecular complexity index is 1680. The summed E-state index contributed by atoms with van der Waals surface area (Å²) in [5.41, 5.74) is 1.57. The first-order chi connectivity index (χ1) is 18.4. The summed E-state index contributed by atoms with van der Waals surface area (Å²) in [6.07, 6.45) is -4.61. The maximum Gasteiger partial charge on any atom is 0.416 e. The number of anilines is 2. The van der Waals surface area contributed by atoms with Gasteiger partial charge in [-0.15, -0.1) is 10.2 Å². The molecule has 0 aromatic heterocycles. The van der Waals surface area contributed by atoms with Crippen LogP contribution < -0.4 is 15.7 Å². The summed E-state index contributed by atoms with van der Waals surface area (Å²) in [5.74, 6) is 0.350. The molecule has 0 aliphatic carbocycles. The zero-order valence-corrected chi connectivity index (χ0v) is 22.7. The van der Waals surface area contributed by atoms with E-state index in [2.05, 4.69) is 5.10 Å². The lowest BCUT2D eigenvalue weighted by Gasteiger charge is -2.25. The van der Waals surface area contributed by atoms with E-state index in [-0.39, 0.29) is 25.5 Å². The summed E-state index contributed by atoms with van der Waals surface area (Å²) in [6.45, 7) is 0. The molecule has 0 bridgehead atoms. The number of quaternary nitrogens is 1. The van der Waals surface area contributed by atoms with Crippen molar-refractivity contribution in [2.24, 2.45) is 5.10 Å². The fourth-order valence-electron chi connectivity index (χ4n) is 3.84. The zero-order valence-electron chi connectivity index (χ0n) is 19.6. The number of nitrogens with zero attached hydrogens (tertiary/aromatic N) is 3. The minimum atomic E-state index is -4.61. The third-order valence-corrected chi connectivity index (χ3v) is 8.66. The topological polar surface area (TPSA) is 69.6 Å². The van der Waals surface area contributed by atoms with Crippen molar-refractivity contribution in [3.05, 3.63) is 117 Å². The Morgan fingerprint density at radius 1 is 0.744 bits per heavy atom. The number of alkyl halides is 3. The van der Waals surface area contributed by atoms with Crippen LogP contribution in [0.25, 0.3) is 0 Å². The van der Waals surface area contributed by atoms with Gasteiger partial charge in [-0.25, -0.2) is 8.42 Å². The maximum absolute atomic E-state index is 13.5. The number of hydrogen-bond donors (Lipinski definition) is 1. The van der Waals surface area contributed by atoms with Gasteiger partial charge in [-0.3, -0.25) is 0 Å². The van der Waals surface area contributed by atoms with E-state index in [0.29, 0.717) is 22.1 Å². The van der Waals surface area contributed by atoms with E-state index in [0.717, 1.165) is 18.2 Å². The zero-order chi connectivity index (χ0) is 27.9. The highest BCUT2D eigenvalue weighted by molar-refractivity contribution is 7.91. The molecule has 1 heterocycles. The van der Waals surface area contributed by atoms with Crippen molar-refractivity contribution in [1.82, 2.24) is 0 Å². The second-order valence-corrected chi connectivity index (χ2v) is 11.5. The van der Waals surface area contributed by atoms with Gasteiger partial charge in [0.25, 0.3) is 5.84 Å². The Labute approximate surface area is 236 Å². The summed E-state index contributed by atoms with van der Waals surface area (Å²) in [5, 5.41) is 7.78. The molecule has 2 N–H and O–H groups in total.